The maximum atomic E-state index is 12.0. The molecular formula is C22H21O2P. The molecule has 0 saturated carbocycles. The van der Waals surface area contributed by atoms with Crippen molar-refractivity contribution in [3.8, 4) is 5.75 Å². The minimum absolute atomic E-state index is 0.105. The molecule has 3 heteroatoms. The Bertz CT molecular complexity index is 872. The average molecular weight is 348 g/mol. The van der Waals surface area contributed by atoms with E-state index in [1.54, 1.807) is 6.92 Å². The Morgan fingerprint density at radius 2 is 1.64 bits per heavy atom. The summed E-state index contributed by atoms with van der Waals surface area (Å²) in [4.78, 5) is 12.0. The third-order valence-corrected chi connectivity index (χ3v) is 5.34. The Balaban J connectivity index is 1.83. The Morgan fingerprint density at radius 3 is 2.40 bits per heavy atom. The molecule has 0 aliphatic heterocycles. The van der Waals surface area contributed by atoms with E-state index in [9.17, 15) is 4.79 Å². The van der Waals surface area contributed by atoms with Crippen molar-refractivity contribution >= 4 is 25.0 Å². The van der Waals surface area contributed by atoms with Gasteiger partial charge in [-0.25, -0.2) is 0 Å². The molecule has 126 valence electrons. The highest BCUT2D eigenvalue weighted by molar-refractivity contribution is 7.56. The number of para-hydroxylation sites is 1. The molecule has 0 aliphatic carbocycles. The fraction of sp³-hybridized carbons (Fsp3) is 0.136. The van der Waals surface area contributed by atoms with E-state index in [-0.39, 0.29) is 5.78 Å². The monoisotopic (exact) mass is 348 g/mol. The number of hydrogen-bond acceptors (Lipinski definition) is 2. The number of benzene rings is 3. The van der Waals surface area contributed by atoms with Crippen molar-refractivity contribution in [1.82, 2.24) is 0 Å². The molecule has 0 radical (unpaired) electrons. The molecule has 0 spiro atoms. The van der Waals surface area contributed by atoms with E-state index in [0.717, 1.165) is 33.0 Å². The molecule has 3 rings (SSSR count). The lowest BCUT2D eigenvalue weighted by atomic mass is 10.1. The van der Waals surface area contributed by atoms with Gasteiger partial charge in [0, 0.05) is 10.9 Å². The van der Waals surface area contributed by atoms with E-state index in [1.165, 1.54) is 0 Å². The lowest BCUT2D eigenvalue weighted by molar-refractivity contribution is 0.101. The van der Waals surface area contributed by atoms with Gasteiger partial charge in [-0.05, 0) is 36.8 Å². The molecule has 0 aromatic heterocycles. The number of carbonyl (C=O) groups is 1. The number of aryl methyl sites for hydroxylation is 1. The molecule has 2 nitrogen and oxygen atoms in total. The smallest absolute Gasteiger partial charge is 0.160 e. The number of Topliss-reactive ketones (excluding diaryl/α,β-unsaturated/α-hetero) is 1. The van der Waals surface area contributed by atoms with Gasteiger partial charge in [0.2, 0.25) is 0 Å². The van der Waals surface area contributed by atoms with E-state index >= 15 is 0 Å². The van der Waals surface area contributed by atoms with Gasteiger partial charge in [0.25, 0.3) is 0 Å². The van der Waals surface area contributed by atoms with Crippen LogP contribution in [0.3, 0.4) is 0 Å². The molecule has 3 aromatic carbocycles. The third-order valence-electron chi connectivity index (χ3n) is 3.95. The zero-order valence-electron chi connectivity index (χ0n) is 14.5. The maximum Gasteiger partial charge on any atom is 0.160 e. The van der Waals surface area contributed by atoms with Gasteiger partial charge >= 0.3 is 0 Å². The number of hydrogen-bond donors (Lipinski definition) is 0. The number of ether oxygens (including phenoxy) is 1. The minimum Gasteiger partial charge on any atom is -0.488 e. The first kappa shape index (κ1) is 17.4. The van der Waals surface area contributed by atoms with Crippen molar-refractivity contribution in [1.29, 1.82) is 0 Å². The maximum absolute atomic E-state index is 12.0. The second-order valence-corrected chi connectivity index (χ2v) is 7.33. The second-order valence-electron chi connectivity index (χ2n) is 6.00. The van der Waals surface area contributed by atoms with Crippen LogP contribution in [0.15, 0.2) is 72.8 Å². The summed E-state index contributed by atoms with van der Waals surface area (Å²) in [5.74, 6) is 0.980. The zero-order valence-corrected chi connectivity index (χ0v) is 15.5. The van der Waals surface area contributed by atoms with Crippen LogP contribution in [0, 0.1) is 6.92 Å². The van der Waals surface area contributed by atoms with E-state index in [4.69, 9.17) is 4.74 Å². The molecule has 0 amide bonds. The summed E-state index contributed by atoms with van der Waals surface area (Å²) >= 11 is 0. The van der Waals surface area contributed by atoms with Crippen LogP contribution < -0.4 is 15.3 Å². The summed E-state index contributed by atoms with van der Waals surface area (Å²) in [6, 6.07) is 24.3. The van der Waals surface area contributed by atoms with Gasteiger partial charge in [0.05, 0.1) is 0 Å². The van der Waals surface area contributed by atoms with E-state index in [0.29, 0.717) is 15.2 Å². The van der Waals surface area contributed by atoms with Crippen LogP contribution in [0.25, 0.3) is 0 Å². The van der Waals surface area contributed by atoms with Gasteiger partial charge in [0.15, 0.2) is 5.78 Å². The predicted octanol–water partition coefficient (Wildman–Crippen LogP) is 4.41. The van der Waals surface area contributed by atoms with Crippen LogP contribution >= 0.6 is 8.58 Å². The predicted molar refractivity (Wildman–Crippen MR) is 106 cm³/mol. The van der Waals surface area contributed by atoms with Crippen LogP contribution in [0.4, 0.5) is 0 Å². The first-order valence-corrected chi connectivity index (χ1v) is 9.28. The van der Waals surface area contributed by atoms with Crippen molar-refractivity contribution in [3.63, 3.8) is 0 Å². The summed E-state index contributed by atoms with van der Waals surface area (Å²) < 4.78 is 6.04. The summed E-state index contributed by atoms with van der Waals surface area (Å²) in [7, 11) is 0.385. The molecule has 1 unspecified atom stereocenters. The number of ketones is 1. The van der Waals surface area contributed by atoms with E-state index < -0.39 is 0 Å². The van der Waals surface area contributed by atoms with E-state index in [1.807, 2.05) is 49.4 Å². The largest absolute Gasteiger partial charge is 0.488 e. The van der Waals surface area contributed by atoms with Gasteiger partial charge < -0.3 is 4.74 Å². The summed E-state index contributed by atoms with van der Waals surface area (Å²) in [5.41, 5.74) is 3.05. The Hall–Kier alpha value is -2.44. The van der Waals surface area contributed by atoms with Crippen molar-refractivity contribution in [2.75, 3.05) is 0 Å². The van der Waals surface area contributed by atoms with Crippen molar-refractivity contribution < 1.29 is 9.53 Å². The lowest BCUT2D eigenvalue weighted by Crippen LogP contribution is -2.14. The molecule has 25 heavy (non-hydrogen) atoms. The van der Waals surface area contributed by atoms with Gasteiger partial charge in [-0.3, -0.25) is 4.79 Å². The highest BCUT2D eigenvalue weighted by Crippen LogP contribution is 2.22. The molecule has 0 fully saturated rings. The van der Waals surface area contributed by atoms with Crippen LogP contribution in [-0.2, 0) is 6.61 Å². The number of rotatable bonds is 6. The molecule has 0 heterocycles. The molecule has 0 bridgehead atoms. The topological polar surface area (TPSA) is 26.3 Å². The molecule has 0 N–H and O–H groups in total. The van der Waals surface area contributed by atoms with Crippen molar-refractivity contribution in [2.24, 2.45) is 0 Å². The highest BCUT2D eigenvalue weighted by Gasteiger charge is 2.11. The SMILES string of the molecule is CC(=O)c1cc(C)ccc1Pc1ccccc1OCc1ccccc1. The van der Waals surface area contributed by atoms with Crippen LogP contribution in [0.5, 0.6) is 5.75 Å². The van der Waals surface area contributed by atoms with Crippen LogP contribution in [-0.4, -0.2) is 5.78 Å². The normalized spacial score (nSPS) is 11.0. The first-order valence-electron chi connectivity index (χ1n) is 8.28. The van der Waals surface area contributed by atoms with Gasteiger partial charge in [-0.15, -0.1) is 0 Å². The van der Waals surface area contributed by atoms with Crippen LogP contribution in [0.2, 0.25) is 0 Å². The third kappa shape index (κ3) is 4.55. The summed E-state index contributed by atoms with van der Waals surface area (Å²) in [5, 5.41) is 2.18. The van der Waals surface area contributed by atoms with Crippen LogP contribution in [0.1, 0.15) is 28.4 Å². The van der Waals surface area contributed by atoms with Gasteiger partial charge in [-0.1, -0.05) is 74.8 Å². The Morgan fingerprint density at radius 1 is 0.920 bits per heavy atom. The first-order chi connectivity index (χ1) is 12.1. The fourth-order valence-corrected chi connectivity index (χ4v) is 3.93. The highest BCUT2D eigenvalue weighted by atomic mass is 31.1. The molecule has 1 atom stereocenters. The number of carbonyl (C=O) groups excluding carboxylic acids is 1. The lowest BCUT2D eigenvalue weighted by Gasteiger charge is -2.13. The second kappa shape index (κ2) is 8.09. The summed E-state index contributed by atoms with van der Waals surface area (Å²) in [6.45, 7) is 4.17. The fourth-order valence-electron chi connectivity index (χ4n) is 2.63. The standard InChI is InChI=1S/C22H21O2P/c1-16-12-13-21(19(14-16)17(2)23)25-22-11-7-6-10-20(22)24-15-18-8-4-3-5-9-18/h3-14,25H,15H2,1-2H3. The van der Waals surface area contributed by atoms with Gasteiger partial charge in [0.1, 0.15) is 12.4 Å². The van der Waals surface area contributed by atoms with Crippen molar-refractivity contribution in [2.45, 2.75) is 20.5 Å². The van der Waals surface area contributed by atoms with Crippen molar-refractivity contribution in [3.05, 3.63) is 89.5 Å². The Kier molecular flexibility index (Phi) is 5.63. The molecule has 0 saturated heterocycles. The summed E-state index contributed by atoms with van der Waals surface area (Å²) in [6.07, 6.45) is 0. The van der Waals surface area contributed by atoms with Gasteiger partial charge in [-0.2, -0.15) is 0 Å². The van der Waals surface area contributed by atoms with E-state index in [2.05, 4.69) is 30.3 Å². The Labute approximate surface area is 150 Å². The molecule has 3 aromatic rings. The zero-order chi connectivity index (χ0) is 17.6. The quantitative estimate of drug-likeness (QED) is 0.487. The average Bonchev–Trinajstić information content (AvgIpc) is 2.63. The molecular weight excluding hydrogens is 327 g/mol. The molecule has 0 aliphatic rings. The minimum atomic E-state index is 0.105.